The second-order valence-corrected chi connectivity index (χ2v) is 9.41. The Morgan fingerprint density at radius 1 is 1.21 bits per heavy atom. The summed E-state index contributed by atoms with van der Waals surface area (Å²) >= 11 is 0. The van der Waals surface area contributed by atoms with E-state index in [1.165, 1.54) is 30.6 Å². The van der Waals surface area contributed by atoms with E-state index in [2.05, 4.69) is 20.3 Å². The Balaban J connectivity index is 2.00. The lowest BCUT2D eigenvalue weighted by Crippen LogP contribution is -2.35. The van der Waals surface area contributed by atoms with Gasteiger partial charge in [-0.25, -0.2) is 23.9 Å². The number of anilines is 2. The van der Waals surface area contributed by atoms with Crippen molar-refractivity contribution in [3.8, 4) is 17.2 Å². The van der Waals surface area contributed by atoms with Gasteiger partial charge in [0.25, 0.3) is 10.0 Å². The van der Waals surface area contributed by atoms with E-state index in [4.69, 9.17) is 5.26 Å². The minimum atomic E-state index is -4.35. The van der Waals surface area contributed by atoms with Crippen molar-refractivity contribution in [2.24, 2.45) is 0 Å². The van der Waals surface area contributed by atoms with Crippen LogP contribution in [0.1, 0.15) is 31.0 Å². The second kappa shape index (κ2) is 9.80. The number of carbonyl (C=O) groups excluding carboxylic acids is 1. The average Bonchev–Trinajstić information content (AvgIpc) is 2.79. The molecule has 34 heavy (non-hydrogen) atoms. The quantitative estimate of drug-likeness (QED) is 0.544. The van der Waals surface area contributed by atoms with Crippen LogP contribution in [0.3, 0.4) is 0 Å². The summed E-state index contributed by atoms with van der Waals surface area (Å²) in [7, 11) is -1.02. The maximum absolute atomic E-state index is 14.4. The number of nitrogens with one attached hydrogen (secondary N) is 2. The van der Waals surface area contributed by atoms with E-state index in [0.29, 0.717) is 11.1 Å². The third-order valence-corrected chi connectivity index (χ3v) is 5.94. The van der Waals surface area contributed by atoms with Gasteiger partial charge in [-0.15, -0.1) is 0 Å². The number of pyridine rings is 1. The maximum atomic E-state index is 14.4. The fraction of sp³-hybridized carbons (Fsp3) is 0.227. The van der Waals surface area contributed by atoms with Crippen LogP contribution in [0.25, 0.3) is 11.1 Å². The molecule has 0 atom stereocenters. The van der Waals surface area contributed by atoms with E-state index < -0.39 is 26.9 Å². The molecule has 2 amide bonds. The lowest BCUT2D eigenvalue weighted by Gasteiger charge is -2.19. The highest BCUT2D eigenvalue weighted by Crippen LogP contribution is 2.36. The minimum absolute atomic E-state index is 0.102. The van der Waals surface area contributed by atoms with Gasteiger partial charge in [0.15, 0.2) is 5.03 Å². The van der Waals surface area contributed by atoms with E-state index in [9.17, 15) is 17.6 Å². The molecule has 0 unspecified atom stereocenters. The van der Waals surface area contributed by atoms with Crippen LogP contribution in [0, 0.1) is 17.1 Å². The standard InChI is InChI=1S/C22H22FN7O3S/c1-13(2)17-8-15(23)9-18(14-5-6-26-16(7-14)10-24)21(17)28-22(31)29-34(32,33)20-12-25-11-19(27-20)30(3)4/h5-9,11-13H,1-4H3,(H2,28,29,31). The van der Waals surface area contributed by atoms with E-state index in [-0.39, 0.29) is 28.7 Å². The first-order valence-electron chi connectivity index (χ1n) is 10.0. The number of rotatable bonds is 6. The lowest BCUT2D eigenvalue weighted by molar-refractivity contribution is 0.256. The Kier molecular flexibility index (Phi) is 7.07. The van der Waals surface area contributed by atoms with Crippen molar-refractivity contribution in [1.82, 2.24) is 19.7 Å². The van der Waals surface area contributed by atoms with E-state index in [1.807, 2.05) is 10.8 Å². The fourth-order valence-corrected chi connectivity index (χ4v) is 3.92. The minimum Gasteiger partial charge on any atom is -0.361 e. The monoisotopic (exact) mass is 483 g/mol. The van der Waals surface area contributed by atoms with E-state index >= 15 is 0 Å². The van der Waals surface area contributed by atoms with Crippen molar-refractivity contribution in [2.75, 3.05) is 24.3 Å². The smallest absolute Gasteiger partial charge is 0.333 e. The van der Waals surface area contributed by atoms with Gasteiger partial charge in [-0.1, -0.05) is 13.8 Å². The molecule has 2 aromatic heterocycles. The average molecular weight is 484 g/mol. The molecule has 10 nitrogen and oxygen atoms in total. The molecule has 176 valence electrons. The topological polar surface area (TPSA) is 141 Å². The van der Waals surface area contributed by atoms with Crippen molar-refractivity contribution in [3.63, 3.8) is 0 Å². The van der Waals surface area contributed by atoms with Gasteiger partial charge in [0, 0.05) is 25.9 Å². The van der Waals surface area contributed by atoms with Crippen LogP contribution in [-0.2, 0) is 10.0 Å². The summed E-state index contributed by atoms with van der Waals surface area (Å²) in [6, 6.07) is 6.30. The number of hydrogen-bond acceptors (Lipinski definition) is 8. The van der Waals surface area contributed by atoms with Crippen molar-refractivity contribution in [3.05, 3.63) is 59.9 Å². The molecule has 0 saturated carbocycles. The molecule has 3 aromatic rings. The summed E-state index contributed by atoms with van der Waals surface area (Å²) < 4.78 is 41.8. The van der Waals surface area contributed by atoms with Crippen molar-refractivity contribution >= 4 is 27.6 Å². The number of urea groups is 1. The molecule has 0 aliphatic heterocycles. The van der Waals surface area contributed by atoms with Crippen molar-refractivity contribution in [2.45, 2.75) is 24.8 Å². The molecule has 12 heteroatoms. The predicted molar refractivity (Wildman–Crippen MR) is 124 cm³/mol. The molecular weight excluding hydrogens is 461 g/mol. The zero-order valence-electron chi connectivity index (χ0n) is 18.9. The molecule has 0 radical (unpaired) electrons. The third kappa shape index (κ3) is 5.44. The van der Waals surface area contributed by atoms with Crippen LogP contribution >= 0.6 is 0 Å². The normalized spacial score (nSPS) is 11.1. The maximum Gasteiger partial charge on any atom is 0.333 e. The molecule has 0 bridgehead atoms. The molecule has 0 aliphatic rings. The Bertz CT molecular complexity index is 1390. The molecule has 3 rings (SSSR count). The third-order valence-electron chi connectivity index (χ3n) is 4.74. The highest BCUT2D eigenvalue weighted by Gasteiger charge is 2.23. The first kappa shape index (κ1) is 24.5. The SMILES string of the molecule is CC(C)c1cc(F)cc(-c2ccnc(C#N)c2)c1NC(=O)NS(=O)(=O)c1cncc(N(C)C)n1. The summed E-state index contributed by atoms with van der Waals surface area (Å²) in [6.45, 7) is 3.60. The van der Waals surface area contributed by atoms with Gasteiger partial charge in [0.2, 0.25) is 0 Å². The zero-order valence-corrected chi connectivity index (χ0v) is 19.7. The number of halogens is 1. The number of amides is 2. The molecule has 2 heterocycles. The molecule has 2 N–H and O–H groups in total. The Morgan fingerprint density at radius 3 is 2.59 bits per heavy atom. The van der Waals surface area contributed by atoms with Crippen LogP contribution in [0.2, 0.25) is 0 Å². The van der Waals surface area contributed by atoms with Crippen LogP contribution in [0.5, 0.6) is 0 Å². The Hall–Kier alpha value is -4.11. The predicted octanol–water partition coefficient (Wildman–Crippen LogP) is 3.25. The van der Waals surface area contributed by atoms with Gasteiger partial charge in [-0.2, -0.15) is 13.7 Å². The number of carbonyl (C=O) groups is 1. The Morgan fingerprint density at radius 2 is 1.94 bits per heavy atom. The zero-order chi connectivity index (χ0) is 25.0. The van der Waals surface area contributed by atoms with Gasteiger partial charge < -0.3 is 10.2 Å². The van der Waals surface area contributed by atoms with Gasteiger partial charge >= 0.3 is 6.03 Å². The van der Waals surface area contributed by atoms with Gasteiger partial charge in [-0.3, -0.25) is 4.98 Å². The molecule has 1 aromatic carbocycles. The van der Waals surface area contributed by atoms with E-state index in [1.54, 1.807) is 38.9 Å². The number of nitrogens with zero attached hydrogens (tertiary/aromatic N) is 5. The van der Waals surface area contributed by atoms with Crippen LogP contribution < -0.4 is 14.9 Å². The number of nitriles is 1. The highest BCUT2D eigenvalue weighted by molar-refractivity contribution is 7.90. The number of aromatic nitrogens is 3. The first-order valence-corrected chi connectivity index (χ1v) is 11.5. The molecule has 0 spiro atoms. The largest absolute Gasteiger partial charge is 0.361 e. The lowest BCUT2D eigenvalue weighted by atomic mass is 9.94. The summed E-state index contributed by atoms with van der Waals surface area (Å²) in [6.07, 6.45) is 3.79. The van der Waals surface area contributed by atoms with Crippen LogP contribution in [0.4, 0.5) is 20.7 Å². The summed E-state index contributed by atoms with van der Waals surface area (Å²) in [5, 5.41) is 11.3. The van der Waals surface area contributed by atoms with Crippen LogP contribution in [-0.4, -0.2) is 43.5 Å². The molecule has 0 aliphatic carbocycles. The van der Waals surface area contributed by atoms with Crippen molar-refractivity contribution in [1.29, 1.82) is 5.26 Å². The molecular formula is C22H22FN7O3S. The summed E-state index contributed by atoms with van der Waals surface area (Å²) in [4.78, 5) is 26.1. The molecule has 0 saturated heterocycles. The van der Waals surface area contributed by atoms with Gasteiger partial charge in [0.1, 0.15) is 23.4 Å². The van der Waals surface area contributed by atoms with Gasteiger partial charge in [0.05, 0.1) is 18.1 Å². The van der Waals surface area contributed by atoms with Gasteiger partial charge in [-0.05, 0) is 41.3 Å². The number of benzene rings is 1. The summed E-state index contributed by atoms with van der Waals surface area (Å²) in [5.41, 5.74) is 1.44. The molecule has 0 fully saturated rings. The first-order chi connectivity index (χ1) is 16.0. The number of sulfonamides is 1. The fourth-order valence-electron chi connectivity index (χ4n) is 3.11. The second-order valence-electron chi connectivity index (χ2n) is 7.78. The number of hydrogen-bond donors (Lipinski definition) is 2. The Labute approximate surface area is 196 Å². The van der Waals surface area contributed by atoms with Crippen molar-refractivity contribution < 1.29 is 17.6 Å². The summed E-state index contributed by atoms with van der Waals surface area (Å²) in [5.74, 6) is -0.484. The highest BCUT2D eigenvalue weighted by atomic mass is 32.2. The van der Waals surface area contributed by atoms with E-state index in [0.717, 1.165) is 6.20 Å². The van der Waals surface area contributed by atoms with Crippen LogP contribution in [0.15, 0.2) is 47.9 Å².